The molecule has 0 aromatic carbocycles. The van der Waals surface area contributed by atoms with E-state index < -0.39 is 26.4 Å². The third-order valence-electron chi connectivity index (χ3n) is 1.60. The first-order valence-corrected chi connectivity index (χ1v) is 7.29. The molecule has 18 heavy (non-hydrogen) atoms. The lowest BCUT2D eigenvalue weighted by Gasteiger charge is -2.00. The highest BCUT2D eigenvalue weighted by atomic mass is 79.9. The first-order chi connectivity index (χ1) is 8.20. The second-order valence-corrected chi connectivity index (χ2v) is 5.33. The van der Waals surface area contributed by atoms with Gasteiger partial charge in [0, 0.05) is 4.73 Å². The molecule has 1 heterocycles. The van der Waals surface area contributed by atoms with E-state index in [4.69, 9.17) is 10.3 Å². The van der Waals surface area contributed by atoms with Crippen molar-refractivity contribution >= 4 is 31.6 Å². The Labute approximate surface area is 112 Å². The van der Waals surface area contributed by atoms with E-state index in [9.17, 15) is 18.5 Å². The van der Waals surface area contributed by atoms with Crippen LogP contribution in [0.1, 0.15) is 19.4 Å². The van der Waals surface area contributed by atoms with Gasteiger partial charge in [0.1, 0.15) is 4.47 Å². The number of nitrogens with two attached hydrogens (primary N) is 1. The summed E-state index contributed by atoms with van der Waals surface area (Å²) in [5.74, 6) is -0.615. The molecular weight excluding hydrogens is 330 g/mol. The van der Waals surface area contributed by atoms with E-state index >= 15 is 0 Å². The highest BCUT2D eigenvalue weighted by Gasteiger charge is 2.25. The van der Waals surface area contributed by atoms with Crippen molar-refractivity contribution in [3.8, 4) is 0 Å². The van der Waals surface area contributed by atoms with Crippen LogP contribution in [0.25, 0.3) is 0 Å². The van der Waals surface area contributed by atoms with Crippen LogP contribution in [0.3, 0.4) is 0 Å². The van der Waals surface area contributed by atoms with Gasteiger partial charge >= 0.3 is 5.69 Å². The number of rotatable bonds is 3. The number of pyridine rings is 1. The van der Waals surface area contributed by atoms with Gasteiger partial charge in [-0.3, -0.25) is 15.3 Å². The summed E-state index contributed by atoms with van der Waals surface area (Å²) in [5, 5.41) is 24.5. The largest absolute Gasteiger partial charge is 0.351 e. The maximum absolute atomic E-state index is 10.8. The van der Waals surface area contributed by atoms with Crippen LogP contribution in [0.15, 0.2) is 16.9 Å². The van der Waals surface area contributed by atoms with Crippen molar-refractivity contribution in [2.75, 3.05) is 0 Å². The summed E-state index contributed by atoms with van der Waals surface area (Å²) in [5.41, 5.74) is -0.456. The van der Waals surface area contributed by atoms with Gasteiger partial charge in [-0.1, -0.05) is 13.8 Å². The molecule has 0 atom stereocenters. The molecule has 1 aromatic rings. The maximum atomic E-state index is 10.8. The van der Waals surface area contributed by atoms with Crippen molar-refractivity contribution in [2.24, 2.45) is 5.14 Å². The van der Waals surface area contributed by atoms with E-state index in [2.05, 4.69) is 15.9 Å². The molecule has 1 rings (SSSR count). The van der Waals surface area contributed by atoms with E-state index in [1.807, 2.05) is 13.8 Å². The Balaban J connectivity index is 0.00000137. The summed E-state index contributed by atoms with van der Waals surface area (Å²) in [6, 6.07) is 0. The fourth-order valence-electron chi connectivity index (χ4n) is 1.04. The molecule has 0 bridgehead atoms. The lowest BCUT2D eigenvalue weighted by molar-refractivity contribution is -0.905. The summed E-state index contributed by atoms with van der Waals surface area (Å²) in [6.45, 7) is 4.00. The highest BCUT2D eigenvalue weighted by Crippen LogP contribution is 2.27. The minimum absolute atomic E-state index is 0.000741. The monoisotopic (exact) mass is 342 g/mol. The van der Waals surface area contributed by atoms with Crippen LogP contribution in [-0.2, 0) is 15.8 Å². The molecule has 8 nitrogen and oxygen atoms in total. The Morgan fingerprint density at radius 3 is 2.39 bits per heavy atom. The topological polar surface area (TPSA) is 127 Å². The zero-order valence-corrected chi connectivity index (χ0v) is 12.1. The number of primary sulfonamides is 1. The number of aromatic nitrogens is 1. The summed E-state index contributed by atoms with van der Waals surface area (Å²) < 4.78 is 22.1. The van der Waals surface area contributed by atoms with Gasteiger partial charge in [0.15, 0.2) is 0 Å². The zero-order chi connectivity index (χ0) is 14.5. The second-order valence-electron chi connectivity index (χ2n) is 2.93. The van der Waals surface area contributed by atoms with E-state index in [-0.39, 0.29) is 10.0 Å². The number of hydrogen-bond acceptors (Lipinski definition) is 5. The standard InChI is InChI=1S/C6H7BrN3O5S.C2H6/c7-6-4(3-16(8,14)15)1-9(11)2-5(6)10(12)13;1-2/h1-2,11H,3H2,(H2,8,14,15);1-2H3/q+1;. The Morgan fingerprint density at radius 1 is 1.50 bits per heavy atom. The first kappa shape index (κ1) is 16.7. The Morgan fingerprint density at radius 2 is 2.00 bits per heavy atom. The molecule has 0 fully saturated rings. The Hall–Kier alpha value is -1.26. The van der Waals surface area contributed by atoms with Crippen LogP contribution >= 0.6 is 15.9 Å². The minimum Gasteiger partial charge on any atom is -0.285 e. The fraction of sp³-hybridized carbons (Fsp3) is 0.375. The van der Waals surface area contributed by atoms with Crippen molar-refractivity contribution in [2.45, 2.75) is 19.6 Å². The average Bonchev–Trinajstić information content (AvgIpc) is 2.23. The lowest BCUT2D eigenvalue weighted by Crippen LogP contribution is -2.31. The van der Waals surface area contributed by atoms with Crippen LogP contribution in [0.2, 0.25) is 0 Å². The number of halogens is 1. The molecule has 0 aliphatic rings. The predicted octanol–water partition coefficient (Wildman–Crippen LogP) is 0.697. The third-order valence-corrected chi connectivity index (χ3v) is 3.23. The van der Waals surface area contributed by atoms with Crippen molar-refractivity contribution in [1.29, 1.82) is 0 Å². The molecule has 3 N–H and O–H groups in total. The van der Waals surface area contributed by atoms with Crippen molar-refractivity contribution in [1.82, 2.24) is 0 Å². The van der Waals surface area contributed by atoms with Crippen LogP contribution in [0.4, 0.5) is 5.69 Å². The number of sulfonamides is 1. The molecule has 0 aliphatic carbocycles. The molecule has 0 radical (unpaired) electrons. The van der Waals surface area contributed by atoms with E-state index in [1.165, 1.54) is 0 Å². The SMILES string of the molecule is CC.NS(=O)(=O)Cc1c[n+](O)cc([N+](=O)[O-])c1Br. The van der Waals surface area contributed by atoms with Gasteiger partial charge in [-0.05, 0) is 15.9 Å². The van der Waals surface area contributed by atoms with Crippen molar-refractivity contribution in [3.05, 3.63) is 32.5 Å². The normalized spacial score (nSPS) is 10.4. The molecule has 0 saturated heterocycles. The van der Waals surface area contributed by atoms with Crippen LogP contribution in [-0.4, -0.2) is 18.5 Å². The van der Waals surface area contributed by atoms with Crippen molar-refractivity contribution in [3.63, 3.8) is 0 Å². The average molecular weight is 343 g/mol. The van der Waals surface area contributed by atoms with Crippen molar-refractivity contribution < 1.29 is 23.3 Å². The maximum Gasteiger partial charge on any atom is 0.351 e. The van der Waals surface area contributed by atoms with Gasteiger partial charge < -0.3 is 0 Å². The van der Waals surface area contributed by atoms with Gasteiger partial charge in [-0.2, -0.15) is 0 Å². The molecule has 0 amide bonds. The molecule has 0 spiro atoms. The number of nitro groups is 1. The summed E-state index contributed by atoms with van der Waals surface area (Å²) in [7, 11) is -3.84. The summed E-state index contributed by atoms with van der Waals surface area (Å²) in [6.07, 6.45) is 1.85. The van der Waals surface area contributed by atoms with Crippen LogP contribution in [0, 0.1) is 10.1 Å². The van der Waals surface area contributed by atoms with Crippen LogP contribution in [0.5, 0.6) is 0 Å². The van der Waals surface area contributed by atoms with Gasteiger partial charge in [-0.15, -0.1) is 0 Å². The molecule has 102 valence electrons. The smallest absolute Gasteiger partial charge is 0.285 e. The third kappa shape index (κ3) is 4.94. The lowest BCUT2D eigenvalue weighted by atomic mass is 10.3. The molecule has 0 unspecified atom stereocenters. The van der Waals surface area contributed by atoms with Gasteiger partial charge in [-0.25, -0.2) is 13.6 Å². The molecule has 0 aliphatic heterocycles. The Kier molecular flexibility index (Phi) is 6.15. The van der Waals surface area contributed by atoms with Gasteiger partial charge in [0.2, 0.25) is 16.2 Å². The zero-order valence-electron chi connectivity index (χ0n) is 9.70. The number of nitrogens with zero attached hydrogens (tertiary/aromatic N) is 2. The minimum atomic E-state index is -3.84. The van der Waals surface area contributed by atoms with E-state index in [0.717, 1.165) is 12.4 Å². The van der Waals surface area contributed by atoms with E-state index in [0.29, 0.717) is 4.73 Å². The quantitative estimate of drug-likeness (QED) is 0.361. The molecule has 0 saturated carbocycles. The second kappa shape index (κ2) is 6.61. The predicted molar refractivity (Wildman–Crippen MR) is 66.3 cm³/mol. The fourth-order valence-corrected chi connectivity index (χ4v) is 2.37. The highest BCUT2D eigenvalue weighted by molar-refractivity contribution is 9.10. The summed E-state index contributed by atoms with van der Waals surface area (Å²) in [4.78, 5) is 9.80. The molecular formula is C8H13BrN3O5S+. The Bertz CT molecular complexity index is 546. The summed E-state index contributed by atoms with van der Waals surface area (Å²) >= 11 is 2.88. The van der Waals surface area contributed by atoms with Gasteiger partial charge in [0.25, 0.3) is 6.20 Å². The van der Waals surface area contributed by atoms with Crippen LogP contribution < -0.4 is 9.87 Å². The number of hydrogen-bond donors (Lipinski definition) is 2. The van der Waals surface area contributed by atoms with Gasteiger partial charge in [0.05, 0.1) is 16.2 Å². The van der Waals surface area contributed by atoms with E-state index in [1.54, 1.807) is 0 Å². The molecule has 1 aromatic heterocycles. The molecule has 10 heteroatoms. The first-order valence-electron chi connectivity index (χ1n) is 4.78.